The Morgan fingerprint density at radius 2 is 1.74 bits per heavy atom. The molecule has 31 heavy (non-hydrogen) atoms. The lowest BCUT2D eigenvalue weighted by Crippen LogP contribution is -2.29. The summed E-state index contributed by atoms with van der Waals surface area (Å²) >= 11 is 12.2. The molecule has 1 saturated carbocycles. The number of hydrogen-bond acceptors (Lipinski definition) is 4. The van der Waals surface area contributed by atoms with E-state index in [1.807, 2.05) is 42.5 Å². The molecule has 0 heterocycles. The monoisotopic (exact) mass is 478 g/mol. The molecule has 0 aromatic heterocycles. The second kappa shape index (κ2) is 9.04. The van der Waals surface area contributed by atoms with Crippen molar-refractivity contribution in [2.45, 2.75) is 23.8 Å². The van der Waals surface area contributed by atoms with E-state index in [2.05, 4.69) is 10.0 Å². The van der Waals surface area contributed by atoms with Crippen LogP contribution in [0.25, 0.3) is 10.8 Å². The summed E-state index contributed by atoms with van der Waals surface area (Å²) in [5.74, 6) is 0.184. The minimum atomic E-state index is -3.82. The highest BCUT2D eigenvalue weighted by molar-refractivity contribution is 7.89. The van der Waals surface area contributed by atoms with E-state index in [1.54, 1.807) is 0 Å². The average Bonchev–Trinajstić information content (AvgIpc) is 3.54. The van der Waals surface area contributed by atoms with Crippen LogP contribution in [0.1, 0.15) is 23.2 Å². The zero-order valence-corrected chi connectivity index (χ0v) is 18.7. The second-order valence-corrected chi connectivity index (χ2v) is 9.77. The summed E-state index contributed by atoms with van der Waals surface area (Å²) in [7, 11) is -3.82. The highest BCUT2D eigenvalue weighted by Crippen LogP contribution is 2.30. The van der Waals surface area contributed by atoms with Gasteiger partial charge in [0.2, 0.25) is 10.0 Å². The standard InChI is InChI=1S/C22H20Cl2N2O4S/c23-19-13-20(24)21(31(28,29)26-16-6-7-16)12-18(19)22(27)25-9-10-30-17-8-5-14-3-1-2-4-15(14)11-17/h1-5,8,11-13,16,26H,6-7,9-10H2,(H,25,27). The van der Waals surface area contributed by atoms with Gasteiger partial charge in [0.15, 0.2) is 0 Å². The summed E-state index contributed by atoms with van der Waals surface area (Å²) in [6, 6.07) is 16.1. The van der Waals surface area contributed by atoms with Crippen LogP contribution in [-0.4, -0.2) is 33.5 Å². The zero-order valence-electron chi connectivity index (χ0n) is 16.4. The summed E-state index contributed by atoms with van der Waals surface area (Å²) in [5.41, 5.74) is 0.0351. The van der Waals surface area contributed by atoms with Gasteiger partial charge in [-0.3, -0.25) is 4.79 Å². The molecule has 4 rings (SSSR count). The number of carbonyl (C=O) groups is 1. The summed E-state index contributed by atoms with van der Waals surface area (Å²) in [6.07, 6.45) is 1.57. The smallest absolute Gasteiger partial charge is 0.252 e. The van der Waals surface area contributed by atoms with E-state index in [0.29, 0.717) is 5.75 Å². The first-order chi connectivity index (χ1) is 14.8. The van der Waals surface area contributed by atoms with E-state index in [9.17, 15) is 13.2 Å². The van der Waals surface area contributed by atoms with Gasteiger partial charge >= 0.3 is 0 Å². The Bertz CT molecular complexity index is 1240. The summed E-state index contributed by atoms with van der Waals surface area (Å²) in [6.45, 7) is 0.455. The minimum Gasteiger partial charge on any atom is -0.492 e. The Labute approximate surface area is 190 Å². The Hall–Kier alpha value is -2.32. The number of nitrogens with one attached hydrogen (secondary N) is 2. The number of benzene rings is 3. The van der Waals surface area contributed by atoms with Crippen LogP contribution in [0.3, 0.4) is 0 Å². The molecule has 2 N–H and O–H groups in total. The third-order valence-corrected chi connectivity index (χ3v) is 7.13. The van der Waals surface area contributed by atoms with E-state index >= 15 is 0 Å². The largest absolute Gasteiger partial charge is 0.492 e. The number of ether oxygens (including phenoxy) is 1. The molecule has 0 spiro atoms. The fraction of sp³-hybridized carbons (Fsp3) is 0.227. The predicted octanol–water partition coefficient (Wildman–Crippen LogP) is 4.40. The van der Waals surface area contributed by atoms with Crippen LogP contribution >= 0.6 is 23.2 Å². The van der Waals surface area contributed by atoms with Crippen LogP contribution in [0, 0.1) is 0 Å². The number of rotatable bonds is 8. The maximum atomic E-state index is 12.6. The normalized spacial score (nSPS) is 13.9. The molecular formula is C22H20Cl2N2O4S. The summed E-state index contributed by atoms with van der Waals surface area (Å²) < 4.78 is 33.3. The van der Waals surface area contributed by atoms with Gasteiger partial charge in [0.1, 0.15) is 17.3 Å². The lowest BCUT2D eigenvalue weighted by molar-refractivity contribution is 0.0947. The highest BCUT2D eigenvalue weighted by Gasteiger charge is 2.30. The quantitative estimate of drug-likeness (QED) is 0.470. The highest BCUT2D eigenvalue weighted by atomic mass is 35.5. The van der Waals surface area contributed by atoms with E-state index in [4.69, 9.17) is 27.9 Å². The molecule has 3 aromatic carbocycles. The molecule has 0 unspecified atom stereocenters. The van der Waals surface area contributed by atoms with Crippen molar-refractivity contribution in [3.8, 4) is 5.75 Å². The lowest BCUT2D eigenvalue weighted by Gasteiger charge is -2.12. The second-order valence-electron chi connectivity index (χ2n) is 7.27. The van der Waals surface area contributed by atoms with E-state index in [1.165, 1.54) is 12.1 Å². The van der Waals surface area contributed by atoms with Crippen molar-refractivity contribution in [1.82, 2.24) is 10.0 Å². The molecule has 9 heteroatoms. The van der Waals surface area contributed by atoms with Gasteiger partial charge < -0.3 is 10.1 Å². The number of fused-ring (bicyclic) bond motifs is 1. The first-order valence-electron chi connectivity index (χ1n) is 9.75. The minimum absolute atomic E-state index is 0.0330. The van der Waals surface area contributed by atoms with E-state index in [-0.39, 0.29) is 39.7 Å². The third kappa shape index (κ3) is 5.30. The van der Waals surface area contributed by atoms with Crippen molar-refractivity contribution >= 4 is 49.9 Å². The number of amides is 1. The molecule has 0 radical (unpaired) electrons. The zero-order chi connectivity index (χ0) is 22.0. The van der Waals surface area contributed by atoms with Crippen molar-refractivity contribution in [3.05, 3.63) is 70.2 Å². The average molecular weight is 479 g/mol. The molecule has 0 aliphatic heterocycles. The molecule has 1 aliphatic carbocycles. The Morgan fingerprint density at radius 3 is 2.48 bits per heavy atom. The van der Waals surface area contributed by atoms with Crippen LogP contribution in [0.15, 0.2) is 59.5 Å². The molecule has 162 valence electrons. The Morgan fingerprint density at radius 1 is 1.00 bits per heavy atom. The first-order valence-corrected chi connectivity index (χ1v) is 12.0. The SMILES string of the molecule is O=C(NCCOc1ccc2ccccc2c1)c1cc(S(=O)(=O)NC2CC2)c(Cl)cc1Cl. The third-order valence-electron chi connectivity index (χ3n) is 4.83. The molecule has 0 atom stereocenters. The number of halogens is 2. The topological polar surface area (TPSA) is 84.5 Å². The van der Waals surface area contributed by atoms with Crippen LogP contribution in [0.5, 0.6) is 5.75 Å². The molecule has 0 bridgehead atoms. The van der Waals surface area contributed by atoms with Crippen molar-refractivity contribution in [2.75, 3.05) is 13.2 Å². The van der Waals surface area contributed by atoms with Gasteiger partial charge in [0, 0.05) is 6.04 Å². The van der Waals surface area contributed by atoms with Crippen molar-refractivity contribution in [3.63, 3.8) is 0 Å². The van der Waals surface area contributed by atoms with Gasteiger partial charge in [-0.15, -0.1) is 0 Å². The molecular weight excluding hydrogens is 459 g/mol. The van der Waals surface area contributed by atoms with Crippen molar-refractivity contribution in [1.29, 1.82) is 0 Å². The number of carbonyl (C=O) groups excluding carboxylic acids is 1. The molecule has 3 aromatic rings. The van der Waals surface area contributed by atoms with E-state index in [0.717, 1.165) is 23.6 Å². The van der Waals surface area contributed by atoms with Gasteiger partial charge in [-0.1, -0.05) is 53.5 Å². The fourth-order valence-electron chi connectivity index (χ4n) is 3.08. The summed E-state index contributed by atoms with van der Waals surface area (Å²) in [4.78, 5) is 12.4. The van der Waals surface area contributed by atoms with Gasteiger partial charge in [-0.25, -0.2) is 13.1 Å². The van der Waals surface area contributed by atoms with Crippen LogP contribution in [0.2, 0.25) is 10.0 Å². The molecule has 1 amide bonds. The molecule has 1 aliphatic rings. The molecule has 1 fully saturated rings. The van der Waals surface area contributed by atoms with Gasteiger partial charge in [0.05, 0.1) is 22.2 Å². The molecule has 0 saturated heterocycles. The van der Waals surface area contributed by atoms with Gasteiger partial charge in [0.25, 0.3) is 5.91 Å². The number of sulfonamides is 1. The Kier molecular flexibility index (Phi) is 6.39. The van der Waals surface area contributed by atoms with Crippen molar-refractivity contribution in [2.24, 2.45) is 0 Å². The van der Waals surface area contributed by atoms with Crippen molar-refractivity contribution < 1.29 is 17.9 Å². The maximum Gasteiger partial charge on any atom is 0.252 e. The predicted molar refractivity (Wildman–Crippen MR) is 122 cm³/mol. The van der Waals surface area contributed by atoms with Gasteiger partial charge in [-0.05, 0) is 47.9 Å². The lowest BCUT2D eigenvalue weighted by atomic mass is 10.1. The van der Waals surface area contributed by atoms with E-state index < -0.39 is 15.9 Å². The Balaban J connectivity index is 1.39. The van der Waals surface area contributed by atoms with Gasteiger partial charge in [-0.2, -0.15) is 0 Å². The van der Waals surface area contributed by atoms with Crippen LogP contribution in [0.4, 0.5) is 0 Å². The summed E-state index contributed by atoms with van der Waals surface area (Å²) in [5, 5.41) is 4.91. The fourth-order valence-corrected chi connectivity index (χ4v) is 5.24. The maximum absolute atomic E-state index is 12.6. The van der Waals surface area contributed by atoms with Crippen LogP contribution < -0.4 is 14.8 Å². The number of hydrogen-bond donors (Lipinski definition) is 2. The molecule has 6 nitrogen and oxygen atoms in total. The first kappa shape index (κ1) is 21.9. The van der Waals surface area contributed by atoms with Crippen LogP contribution in [-0.2, 0) is 10.0 Å².